The number of nitrogens with zero attached hydrogens (tertiary/aromatic N) is 1. The first kappa shape index (κ1) is 18.7. The number of benzene rings is 2. The molecule has 3 rings (SSSR count). The Morgan fingerprint density at radius 1 is 1.08 bits per heavy atom. The Balaban J connectivity index is 1.51. The molecule has 6 heteroatoms. The Hall–Kier alpha value is -2.05. The van der Waals surface area contributed by atoms with Gasteiger partial charge in [0.2, 0.25) is 5.91 Å². The maximum atomic E-state index is 12.4. The van der Waals surface area contributed by atoms with Crippen LogP contribution in [0.2, 0.25) is 0 Å². The van der Waals surface area contributed by atoms with E-state index in [1.54, 1.807) is 0 Å². The number of para-hydroxylation sites is 1. The molecule has 0 saturated carbocycles. The Morgan fingerprint density at radius 2 is 1.69 bits per heavy atom. The molecule has 0 bridgehead atoms. The summed E-state index contributed by atoms with van der Waals surface area (Å²) < 4.78 is 6.57. The zero-order chi connectivity index (χ0) is 18.4. The summed E-state index contributed by atoms with van der Waals surface area (Å²) in [6.07, 6.45) is 2.36. The number of hydrogen-bond acceptors (Lipinski definition) is 4. The lowest BCUT2D eigenvalue weighted by atomic mass is 10.3. The van der Waals surface area contributed by atoms with Gasteiger partial charge in [0.05, 0.1) is 5.25 Å². The quantitative estimate of drug-likeness (QED) is 0.739. The third-order valence-corrected chi connectivity index (χ3v) is 5.69. The van der Waals surface area contributed by atoms with Gasteiger partial charge in [-0.3, -0.25) is 4.79 Å². The van der Waals surface area contributed by atoms with Crippen LogP contribution in [0.5, 0.6) is 11.5 Å². The summed E-state index contributed by atoms with van der Waals surface area (Å²) in [4.78, 5) is 14.6. The highest BCUT2D eigenvalue weighted by atomic mass is 32.2. The lowest BCUT2D eigenvalue weighted by molar-refractivity contribution is -0.115. The molecule has 0 radical (unpaired) electrons. The van der Waals surface area contributed by atoms with E-state index in [9.17, 15) is 4.79 Å². The van der Waals surface area contributed by atoms with Crippen LogP contribution in [0.3, 0.4) is 0 Å². The van der Waals surface area contributed by atoms with Crippen molar-refractivity contribution < 1.29 is 9.53 Å². The standard InChI is InChI=1S/C20H22N2O2S2/c1-15(26-20(25)22-13-5-6-14-22)19(23)21-16-9-11-18(12-10-16)24-17-7-3-2-4-8-17/h2-4,7-12,15H,5-6,13-14H2,1H3,(H,21,23)/t15-/m1/s1. The van der Waals surface area contributed by atoms with E-state index in [1.807, 2.05) is 61.5 Å². The van der Waals surface area contributed by atoms with Gasteiger partial charge < -0.3 is 15.0 Å². The molecule has 2 aromatic rings. The van der Waals surface area contributed by atoms with Gasteiger partial charge in [0, 0.05) is 18.8 Å². The number of rotatable bonds is 5. The average molecular weight is 387 g/mol. The van der Waals surface area contributed by atoms with E-state index >= 15 is 0 Å². The zero-order valence-electron chi connectivity index (χ0n) is 14.7. The molecule has 0 aromatic heterocycles. The van der Waals surface area contributed by atoms with E-state index < -0.39 is 0 Å². The fraction of sp³-hybridized carbons (Fsp3) is 0.300. The average Bonchev–Trinajstić information content (AvgIpc) is 3.19. The van der Waals surface area contributed by atoms with Crippen molar-refractivity contribution in [3.8, 4) is 11.5 Å². The minimum Gasteiger partial charge on any atom is -0.457 e. The number of amides is 1. The number of likely N-dealkylation sites (tertiary alicyclic amines) is 1. The number of nitrogens with one attached hydrogen (secondary N) is 1. The van der Waals surface area contributed by atoms with Crippen LogP contribution in [0, 0.1) is 0 Å². The van der Waals surface area contributed by atoms with Crippen LogP contribution in [0.15, 0.2) is 54.6 Å². The second-order valence-corrected chi connectivity index (χ2v) is 8.12. The highest BCUT2D eigenvalue weighted by Crippen LogP contribution is 2.24. The predicted molar refractivity (Wildman–Crippen MR) is 112 cm³/mol. The Bertz CT molecular complexity index is 744. The van der Waals surface area contributed by atoms with Gasteiger partial charge in [0.25, 0.3) is 0 Å². The third-order valence-electron chi connectivity index (χ3n) is 4.11. The molecule has 1 saturated heterocycles. The SMILES string of the molecule is C[C@@H](SC(=S)N1CCCC1)C(=O)Nc1ccc(Oc2ccccc2)cc1. The molecule has 0 aliphatic carbocycles. The first-order valence-corrected chi connectivity index (χ1v) is 10.00. The number of carbonyl (C=O) groups is 1. The van der Waals surface area contributed by atoms with Crippen LogP contribution >= 0.6 is 24.0 Å². The van der Waals surface area contributed by atoms with E-state index in [0.29, 0.717) is 0 Å². The first-order valence-electron chi connectivity index (χ1n) is 8.71. The molecule has 0 unspecified atom stereocenters. The molecular weight excluding hydrogens is 364 g/mol. The maximum Gasteiger partial charge on any atom is 0.237 e. The fourth-order valence-corrected chi connectivity index (χ4v) is 4.07. The molecule has 26 heavy (non-hydrogen) atoms. The van der Waals surface area contributed by atoms with Gasteiger partial charge in [-0.15, -0.1) is 0 Å². The number of ether oxygens (including phenoxy) is 1. The van der Waals surface area contributed by atoms with Crippen LogP contribution in [0.1, 0.15) is 19.8 Å². The molecule has 1 heterocycles. The Morgan fingerprint density at radius 3 is 2.35 bits per heavy atom. The topological polar surface area (TPSA) is 41.6 Å². The smallest absolute Gasteiger partial charge is 0.237 e. The van der Waals surface area contributed by atoms with Crippen molar-refractivity contribution in [2.24, 2.45) is 0 Å². The lowest BCUT2D eigenvalue weighted by Crippen LogP contribution is -2.29. The number of anilines is 1. The Kier molecular flexibility index (Phi) is 6.52. The summed E-state index contributed by atoms with van der Waals surface area (Å²) in [6, 6.07) is 17.0. The largest absolute Gasteiger partial charge is 0.457 e. The van der Waals surface area contributed by atoms with Crippen LogP contribution in [-0.4, -0.2) is 33.5 Å². The van der Waals surface area contributed by atoms with Crippen LogP contribution in [0.4, 0.5) is 5.69 Å². The predicted octanol–water partition coefficient (Wildman–Crippen LogP) is 4.92. The molecule has 1 aliphatic rings. The number of carbonyl (C=O) groups excluding carboxylic acids is 1. The van der Waals surface area contributed by atoms with E-state index in [-0.39, 0.29) is 11.2 Å². The summed E-state index contributed by atoms with van der Waals surface area (Å²) >= 11 is 6.90. The van der Waals surface area contributed by atoms with Gasteiger partial charge >= 0.3 is 0 Å². The number of thiocarbonyl (C=S) groups is 1. The number of hydrogen-bond donors (Lipinski definition) is 1. The van der Waals surface area contributed by atoms with E-state index in [4.69, 9.17) is 17.0 Å². The summed E-state index contributed by atoms with van der Waals surface area (Å²) in [5.41, 5.74) is 0.745. The maximum absolute atomic E-state index is 12.4. The molecule has 1 aliphatic heterocycles. The van der Waals surface area contributed by atoms with Gasteiger partial charge in [-0.2, -0.15) is 0 Å². The van der Waals surface area contributed by atoms with Crippen molar-refractivity contribution in [2.75, 3.05) is 18.4 Å². The summed E-state index contributed by atoms with van der Waals surface area (Å²) in [6.45, 7) is 3.89. The Labute approximate surface area is 163 Å². The normalized spacial score (nSPS) is 14.7. The highest BCUT2D eigenvalue weighted by molar-refractivity contribution is 8.23. The molecule has 1 fully saturated rings. The van der Waals surface area contributed by atoms with Crippen molar-refractivity contribution >= 4 is 39.9 Å². The van der Waals surface area contributed by atoms with Gasteiger partial charge in [0.15, 0.2) is 0 Å². The zero-order valence-corrected chi connectivity index (χ0v) is 16.3. The second-order valence-electron chi connectivity index (χ2n) is 6.15. The van der Waals surface area contributed by atoms with E-state index in [2.05, 4.69) is 10.2 Å². The van der Waals surface area contributed by atoms with Crippen LogP contribution in [0.25, 0.3) is 0 Å². The molecule has 1 amide bonds. The molecule has 136 valence electrons. The highest BCUT2D eigenvalue weighted by Gasteiger charge is 2.21. The van der Waals surface area contributed by atoms with Crippen molar-refractivity contribution in [2.45, 2.75) is 25.0 Å². The summed E-state index contributed by atoms with van der Waals surface area (Å²) in [7, 11) is 0. The van der Waals surface area contributed by atoms with Crippen molar-refractivity contribution in [1.29, 1.82) is 0 Å². The van der Waals surface area contributed by atoms with Gasteiger partial charge in [-0.1, -0.05) is 42.2 Å². The summed E-state index contributed by atoms with van der Waals surface area (Å²) in [5, 5.41) is 2.70. The second kappa shape index (κ2) is 9.05. The van der Waals surface area contributed by atoms with Gasteiger partial charge in [-0.25, -0.2) is 0 Å². The molecular formula is C20H22N2O2S2. The van der Waals surface area contributed by atoms with E-state index in [0.717, 1.165) is 34.6 Å². The first-order chi connectivity index (χ1) is 12.6. The van der Waals surface area contributed by atoms with Gasteiger partial charge in [0.1, 0.15) is 15.8 Å². The monoisotopic (exact) mass is 386 g/mol. The van der Waals surface area contributed by atoms with Crippen LogP contribution < -0.4 is 10.1 Å². The third kappa shape index (κ3) is 5.22. The molecule has 4 nitrogen and oxygen atoms in total. The molecule has 1 N–H and O–H groups in total. The number of thioether (sulfide) groups is 1. The van der Waals surface area contributed by atoms with Gasteiger partial charge in [-0.05, 0) is 56.2 Å². The van der Waals surface area contributed by atoms with Crippen molar-refractivity contribution in [3.05, 3.63) is 54.6 Å². The van der Waals surface area contributed by atoms with Crippen LogP contribution in [-0.2, 0) is 4.79 Å². The fourth-order valence-electron chi connectivity index (χ4n) is 2.65. The minimum atomic E-state index is -0.233. The summed E-state index contributed by atoms with van der Waals surface area (Å²) in [5.74, 6) is 1.46. The minimum absolute atomic E-state index is 0.0479. The molecule has 1 atom stereocenters. The molecule has 0 spiro atoms. The van der Waals surface area contributed by atoms with E-state index in [1.165, 1.54) is 24.6 Å². The lowest BCUT2D eigenvalue weighted by Gasteiger charge is -2.20. The van der Waals surface area contributed by atoms with Crippen molar-refractivity contribution in [3.63, 3.8) is 0 Å². The van der Waals surface area contributed by atoms with Crippen molar-refractivity contribution in [1.82, 2.24) is 4.90 Å². The molecule has 2 aromatic carbocycles.